The molecule has 2 unspecified atom stereocenters. The lowest BCUT2D eigenvalue weighted by atomic mass is 10.1. The molecule has 0 aliphatic carbocycles. The summed E-state index contributed by atoms with van der Waals surface area (Å²) in [6, 6.07) is 7.87. The van der Waals surface area contributed by atoms with Gasteiger partial charge in [-0.15, -0.1) is 11.3 Å². The highest BCUT2D eigenvalue weighted by Crippen LogP contribution is 2.34. The molecule has 0 radical (unpaired) electrons. The molecule has 0 bridgehead atoms. The minimum absolute atomic E-state index is 0.0658. The zero-order valence-corrected chi connectivity index (χ0v) is 15.5. The molecule has 0 aliphatic rings. The Hall–Kier alpha value is -0.550. The van der Waals surface area contributed by atoms with Crippen molar-refractivity contribution in [1.82, 2.24) is 0 Å². The number of halogens is 2. The van der Waals surface area contributed by atoms with Gasteiger partial charge in [0.2, 0.25) is 0 Å². The predicted octanol–water partition coefficient (Wildman–Crippen LogP) is 5.64. The van der Waals surface area contributed by atoms with E-state index in [0.29, 0.717) is 0 Å². The van der Waals surface area contributed by atoms with Crippen molar-refractivity contribution in [3.63, 3.8) is 0 Å². The van der Waals surface area contributed by atoms with Gasteiger partial charge < -0.3 is 10.5 Å². The quantitative estimate of drug-likeness (QED) is 0.719. The molecule has 0 saturated carbocycles. The maximum Gasteiger partial charge on any atom is 0.148 e. The molecule has 1 heterocycles. The molecular weight excluding hydrogens is 370 g/mol. The molecule has 0 aliphatic heterocycles. The van der Waals surface area contributed by atoms with Crippen LogP contribution in [0.15, 0.2) is 28.7 Å². The maximum atomic E-state index is 6.24. The van der Waals surface area contributed by atoms with E-state index in [1.807, 2.05) is 24.3 Å². The van der Waals surface area contributed by atoms with Crippen LogP contribution >= 0.6 is 38.9 Å². The fourth-order valence-electron chi connectivity index (χ4n) is 2.17. The number of hydrogen-bond donors (Lipinski definition) is 1. The van der Waals surface area contributed by atoms with Gasteiger partial charge in [0.05, 0.1) is 4.34 Å². The Morgan fingerprint density at radius 3 is 2.38 bits per heavy atom. The van der Waals surface area contributed by atoms with Gasteiger partial charge in [0, 0.05) is 15.4 Å². The third-order valence-electron chi connectivity index (χ3n) is 3.41. The summed E-state index contributed by atoms with van der Waals surface area (Å²) in [5.41, 5.74) is 8.54. The average molecular weight is 389 g/mol. The fourth-order valence-corrected chi connectivity index (χ4v) is 3.57. The predicted molar refractivity (Wildman–Crippen MR) is 94.6 cm³/mol. The van der Waals surface area contributed by atoms with E-state index in [1.54, 1.807) is 0 Å². The van der Waals surface area contributed by atoms with Gasteiger partial charge in [-0.1, -0.05) is 34.5 Å². The molecule has 21 heavy (non-hydrogen) atoms. The molecule has 0 fully saturated rings. The second kappa shape index (κ2) is 7.14. The Labute approximate surface area is 143 Å². The standard InChI is InChI=1S/C16H19BrClNOS/c1-4-12(19)16(13-5-6-14(18)21-13)20-11-7-9(2)15(17)10(3)8-11/h5-8,12,16H,4,19H2,1-3H3. The van der Waals surface area contributed by atoms with Crippen LogP contribution in [0.2, 0.25) is 4.34 Å². The smallest absolute Gasteiger partial charge is 0.148 e. The molecular formula is C16H19BrClNOS. The third kappa shape index (κ3) is 4.01. The Balaban J connectivity index is 2.31. The van der Waals surface area contributed by atoms with Gasteiger partial charge >= 0.3 is 0 Å². The molecule has 2 nitrogen and oxygen atoms in total. The molecule has 2 rings (SSSR count). The maximum absolute atomic E-state index is 6.24. The first kappa shape index (κ1) is 16.8. The monoisotopic (exact) mass is 387 g/mol. The van der Waals surface area contributed by atoms with Crippen LogP contribution in [0.4, 0.5) is 0 Å². The van der Waals surface area contributed by atoms with Gasteiger partial charge in [-0.2, -0.15) is 0 Å². The second-order valence-electron chi connectivity index (χ2n) is 5.12. The highest BCUT2D eigenvalue weighted by Gasteiger charge is 2.22. The number of nitrogens with two attached hydrogens (primary N) is 1. The van der Waals surface area contributed by atoms with E-state index in [4.69, 9.17) is 22.1 Å². The van der Waals surface area contributed by atoms with Crippen molar-refractivity contribution in [3.8, 4) is 5.75 Å². The molecule has 0 spiro atoms. The SMILES string of the molecule is CCC(N)C(Oc1cc(C)c(Br)c(C)c1)c1ccc(Cl)s1. The van der Waals surface area contributed by atoms with Gasteiger partial charge in [-0.05, 0) is 55.7 Å². The second-order valence-corrected chi connectivity index (χ2v) is 7.66. The van der Waals surface area contributed by atoms with E-state index < -0.39 is 0 Å². The molecule has 0 saturated heterocycles. The Morgan fingerprint density at radius 2 is 1.90 bits per heavy atom. The molecule has 1 aromatic heterocycles. The van der Waals surface area contributed by atoms with Crippen molar-refractivity contribution in [1.29, 1.82) is 0 Å². The summed E-state index contributed by atoms with van der Waals surface area (Å²) in [7, 11) is 0. The fraction of sp³-hybridized carbons (Fsp3) is 0.375. The van der Waals surface area contributed by atoms with Crippen LogP contribution in [0.3, 0.4) is 0 Å². The highest BCUT2D eigenvalue weighted by atomic mass is 79.9. The average Bonchev–Trinajstić information content (AvgIpc) is 2.87. The Kier molecular flexibility index (Phi) is 5.72. The largest absolute Gasteiger partial charge is 0.483 e. The van der Waals surface area contributed by atoms with Crippen molar-refractivity contribution < 1.29 is 4.74 Å². The van der Waals surface area contributed by atoms with E-state index in [0.717, 1.165) is 37.0 Å². The van der Waals surface area contributed by atoms with Crippen LogP contribution in [0, 0.1) is 13.8 Å². The zero-order chi connectivity index (χ0) is 15.6. The third-order valence-corrected chi connectivity index (χ3v) is 5.95. The number of benzene rings is 1. The molecule has 5 heteroatoms. The summed E-state index contributed by atoms with van der Waals surface area (Å²) >= 11 is 11.1. The van der Waals surface area contributed by atoms with E-state index >= 15 is 0 Å². The molecule has 2 atom stereocenters. The van der Waals surface area contributed by atoms with Crippen molar-refractivity contribution in [2.24, 2.45) is 5.73 Å². The van der Waals surface area contributed by atoms with Crippen molar-refractivity contribution in [2.45, 2.75) is 39.3 Å². The lowest BCUT2D eigenvalue weighted by molar-refractivity contribution is 0.174. The van der Waals surface area contributed by atoms with Crippen molar-refractivity contribution in [3.05, 3.63) is 49.1 Å². The Morgan fingerprint density at radius 1 is 1.29 bits per heavy atom. The molecule has 0 amide bonds. The lowest BCUT2D eigenvalue weighted by Crippen LogP contribution is -2.30. The normalized spacial score (nSPS) is 14.0. The number of aryl methyl sites for hydroxylation is 2. The number of rotatable bonds is 5. The first-order chi connectivity index (χ1) is 9.92. The first-order valence-electron chi connectivity index (χ1n) is 6.86. The summed E-state index contributed by atoms with van der Waals surface area (Å²) in [5, 5.41) is 0. The van der Waals surface area contributed by atoms with Crippen LogP contribution in [-0.4, -0.2) is 6.04 Å². The van der Waals surface area contributed by atoms with E-state index in [9.17, 15) is 0 Å². The molecule has 1 aromatic carbocycles. The summed E-state index contributed by atoms with van der Waals surface area (Å²) in [4.78, 5) is 1.06. The first-order valence-corrected chi connectivity index (χ1v) is 8.85. The van der Waals surface area contributed by atoms with Gasteiger partial charge in [-0.25, -0.2) is 0 Å². The van der Waals surface area contributed by atoms with Crippen LogP contribution in [0.1, 0.15) is 35.5 Å². The molecule has 114 valence electrons. The number of hydrogen-bond acceptors (Lipinski definition) is 3. The van der Waals surface area contributed by atoms with Gasteiger partial charge in [0.15, 0.2) is 0 Å². The van der Waals surface area contributed by atoms with Crippen LogP contribution < -0.4 is 10.5 Å². The van der Waals surface area contributed by atoms with E-state index in [1.165, 1.54) is 11.3 Å². The van der Waals surface area contributed by atoms with Crippen LogP contribution in [-0.2, 0) is 0 Å². The van der Waals surface area contributed by atoms with Crippen LogP contribution in [0.5, 0.6) is 5.75 Å². The summed E-state index contributed by atoms with van der Waals surface area (Å²) in [5.74, 6) is 0.839. The van der Waals surface area contributed by atoms with Crippen molar-refractivity contribution in [2.75, 3.05) is 0 Å². The summed E-state index contributed by atoms with van der Waals surface area (Å²) in [6.45, 7) is 6.18. The topological polar surface area (TPSA) is 35.2 Å². The zero-order valence-electron chi connectivity index (χ0n) is 12.3. The minimum Gasteiger partial charge on any atom is -0.483 e. The van der Waals surface area contributed by atoms with Crippen molar-refractivity contribution >= 4 is 38.9 Å². The number of ether oxygens (including phenoxy) is 1. The summed E-state index contributed by atoms with van der Waals surface area (Å²) in [6.07, 6.45) is 0.668. The summed E-state index contributed by atoms with van der Waals surface area (Å²) < 4.78 is 8.06. The highest BCUT2D eigenvalue weighted by molar-refractivity contribution is 9.10. The number of thiophene rings is 1. The Bertz CT molecular complexity index is 605. The van der Waals surface area contributed by atoms with E-state index in [2.05, 4.69) is 36.7 Å². The van der Waals surface area contributed by atoms with Gasteiger partial charge in [0.1, 0.15) is 11.9 Å². The van der Waals surface area contributed by atoms with Gasteiger partial charge in [-0.3, -0.25) is 0 Å². The minimum atomic E-state index is -0.174. The van der Waals surface area contributed by atoms with E-state index in [-0.39, 0.29) is 12.1 Å². The van der Waals surface area contributed by atoms with Crippen LogP contribution in [0.25, 0.3) is 0 Å². The lowest BCUT2D eigenvalue weighted by Gasteiger charge is -2.24. The van der Waals surface area contributed by atoms with Gasteiger partial charge in [0.25, 0.3) is 0 Å². The molecule has 2 N–H and O–H groups in total. The molecule has 2 aromatic rings.